The lowest BCUT2D eigenvalue weighted by Gasteiger charge is -2.41. The molecule has 2 N–H and O–H groups in total. The number of esters is 1. The van der Waals surface area contributed by atoms with E-state index in [0.29, 0.717) is 4.90 Å². The van der Waals surface area contributed by atoms with Crippen LogP contribution in [0.15, 0.2) is 30.3 Å². The Kier molecular flexibility index (Phi) is 7.46. The van der Waals surface area contributed by atoms with E-state index in [2.05, 4.69) is 5.32 Å². The second-order valence-electron chi connectivity index (χ2n) is 8.74. The molecular formula is C22H32N2O7. The molecule has 9 nitrogen and oxygen atoms in total. The first kappa shape index (κ1) is 24.8. The van der Waals surface area contributed by atoms with E-state index in [1.807, 2.05) is 30.3 Å². The van der Waals surface area contributed by atoms with Crippen molar-refractivity contribution in [3.05, 3.63) is 35.9 Å². The number of ether oxygens (including phenoxy) is 3. The third-order valence-corrected chi connectivity index (χ3v) is 5.35. The standard InChI is InChI=1S/C22H32N2O7/c1-20(2,3)31-19(27)24-17(25)16(12-23-5)21(4,28)22(24,18(26)29-6)14-30-13-15-10-8-7-9-11-15/h7-11,16,23,28H,12-14H2,1-6H3/t16?,21-,22-/m0/s1. The Bertz CT molecular complexity index is 804. The molecule has 0 saturated carbocycles. The van der Waals surface area contributed by atoms with Crippen LogP contribution in [0.1, 0.15) is 33.3 Å². The molecule has 0 radical (unpaired) electrons. The van der Waals surface area contributed by atoms with Gasteiger partial charge < -0.3 is 24.6 Å². The number of rotatable bonds is 7. The van der Waals surface area contributed by atoms with E-state index >= 15 is 0 Å². The summed E-state index contributed by atoms with van der Waals surface area (Å²) in [5.41, 5.74) is -4.23. The molecule has 1 saturated heterocycles. The first-order valence-corrected chi connectivity index (χ1v) is 10.1. The molecule has 1 aliphatic rings. The van der Waals surface area contributed by atoms with Crippen LogP contribution in [0.5, 0.6) is 0 Å². The highest BCUT2D eigenvalue weighted by Gasteiger charge is 2.72. The molecule has 1 aliphatic heterocycles. The van der Waals surface area contributed by atoms with Gasteiger partial charge in [0.2, 0.25) is 11.4 Å². The first-order valence-electron chi connectivity index (χ1n) is 10.1. The molecule has 2 amide bonds. The summed E-state index contributed by atoms with van der Waals surface area (Å²) in [7, 11) is 2.73. The van der Waals surface area contributed by atoms with Gasteiger partial charge in [-0.3, -0.25) is 4.79 Å². The molecule has 1 fully saturated rings. The van der Waals surface area contributed by atoms with Crippen molar-refractivity contribution < 1.29 is 33.7 Å². The Hall–Kier alpha value is -2.49. The van der Waals surface area contributed by atoms with Crippen LogP contribution in [0.25, 0.3) is 0 Å². The zero-order chi connectivity index (χ0) is 23.4. The highest BCUT2D eigenvalue weighted by Crippen LogP contribution is 2.45. The number of carbonyl (C=O) groups excluding carboxylic acids is 3. The number of likely N-dealkylation sites (tertiary alicyclic amines) is 1. The molecule has 0 bridgehead atoms. The Labute approximate surface area is 182 Å². The van der Waals surface area contributed by atoms with Gasteiger partial charge in [-0.25, -0.2) is 14.5 Å². The minimum atomic E-state index is -2.13. The van der Waals surface area contributed by atoms with Gasteiger partial charge in [0, 0.05) is 6.54 Å². The number of nitrogens with one attached hydrogen (secondary N) is 1. The smallest absolute Gasteiger partial charge is 0.418 e. The second kappa shape index (κ2) is 9.33. The van der Waals surface area contributed by atoms with E-state index < -0.39 is 47.2 Å². The van der Waals surface area contributed by atoms with E-state index in [1.165, 1.54) is 6.92 Å². The number of aliphatic hydroxyl groups is 1. The third kappa shape index (κ3) is 4.73. The Morgan fingerprint density at radius 1 is 1.23 bits per heavy atom. The SMILES string of the molecule is CNCC1C(=O)N(C(=O)OC(C)(C)C)[C@@](COCc2ccccc2)(C(=O)OC)[C@@]1(C)O. The lowest BCUT2D eigenvalue weighted by Crippen LogP contribution is -2.68. The van der Waals surface area contributed by atoms with Gasteiger partial charge in [0.05, 0.1) is 26.2 Å². The van der Waals surface area contributed by atoms with Gasteiger partial charge in [-0.1, -0.05) is 30.3 Å². The van der Waals surface area contributed by atoms with Crippen molar-refractivity contribution in [1.29, 1.82) is 0 Å². The zero-order valence-electron chi connectivity index (χ0n) is 18.9. The molecule has 31 heavy (non-hydrogen) atoms. The van der Waals surface area contributed by atoms with Crippen molar-refractivity contribution in [2.45, 2.75) is 51.0 Å². The van der Waals surface area contributed by atoms with E-state index in [-0.39, 0.29) is 13.2 Å². The summed E-state index contributed by atoms with van der Waals surface area (Å²) in [4.78, 5) is 40.1. The van der Waals surface area contributed by atoms with Crippen molar-refractivity contribution in [2.75, 3.05) is 27.3 Å². The fourth-order valence-corrected chi connectivity index (χ4v) is 3.77. The summed E-state index contributed by atoms with van der Waals surface area (Å²) in [5, 5.41) is 14.3. The molecule has 0 spiro atoms. The van der Waals surface area contributed by atoms with E-state index in [1.54, 1.807) is 27.8 Å². The normalized spacial score (nSPS) is 26.1. The number of methoxy groups -OCH3 is 1. The van der Waals surface area contributed by atoms with Gasteiger partial charge in [-0.2, -0.15) is 0 Å². The highest BCUT2D eigenvalue weighted by molar-refractivity contribution is 6.05. The van der Waals surface area contributed by atoms with Crippen molar-refractivity contribution >= 4 is 18.0 Å². The molecule has 172 valence electrons. The zero-order valence-corrected chi connectivity index (χ0v) is 18.9. The molecule has 3 atom stereocenters. The minimum absolute atomic E-state index is 0.0303. The van der Waals surface area contributed by atoms with Crippen LogP contribution in [0.4, 0.5) is 4.79 Å². The average Bonchev–Trinajstić information content (AvgIpc) is 2.85. The molecule has 0 aliphatic carbocycles. The number of hydrogen-bond acceptors (Lipinski definition) is 8. The molecule has 1 aromatic rings. The van der Waals surface area contributed by atoms with Gasteiger partial charge in [0.25, 0.3) is 0 Å². The quantitative estimate of drug-likeness (QED) is 0.618. The fourth-order valence-electron chi connectivity index (χ4n) is 3.77. The lowest BCUT2D eigenvalue weighted by molar-refractivity contribution is -0.177. The summed E-state index contributed by atoms with van der Waals surface area (Å²) in [6, 6.07) is 9.18. The monoisotopic (exact) mass is 436 g/mol. The van der Waals surface area contributed by atoms with E-state index in [0.717, 1.165) is 12.7 Å². The number of amides is 2. The van der Waals surface area contributed by atoms with Crippen LogP contribution in [0, 0.1) is 5.92 Å². The topological polar surface area (TPSA) is 114 Å². The van der Waals surface area contributed by atoms with Crippen molar-refractivity contribution in [3.8, 4) is 0 Å². The van der Waals surface area contributed by atoms with Crippen molar-refractivity contribution in [1.82, 2.24) is 10.2 Å². The molecular weight excluding hydrogens is 404 g/mol. The number of carbonyl (C=O) groups is 3. The molecule has 0 aromatic heterocycles. The average molecular weight is 437 g/mol. The lowest BCUT2D eigenvalue weighted by atomic mass is 9.76. The summed E-state index contributed by atoms with van der Waals surface area (Å²) in [6.45, 7) is 5.92. The summed E-state index contributed by atoms with van der Waals surface area (Å²) in [5.74, 6) is -2.82. The number of hydrogen-bond donors (Lipinski definition) is 2. The molecule has 9 heteroatoms. The molecule has 1 unspecified atom stereocenters. The van der Waals surface area contributed by atoms with Gasteiger partial charge >= 0.3 is 12.1 Å². The Morgan fingerprint density at radius 3 is 2.35 bits per heavy atom. The van der Waals surface area contributed by atoms with Crippen LogP contribution in [0.3, 0.4) is 0 Å². The Morgan fingerprint density at radius 2 is 1.84 bits per heavy atom. The summed E-state index contributed by atoms with van der Waals surface area (Å²) >= 11 is 0. The first-order chi connectivity index (χ1) is 14.4. The van der Waals surface area contributed by atoms with Crippen LogP contribution >= 0.6 is 0 Å². The van der Waals surface area contributed by atoms with E-state index in [4.69, 9.17) is 14.2 Å². The largest absolute Gasteiger partial charge is 0.467 e. The molecule has 1 heterocycles. The van der Waals surface area contributed by atoms with Crippen LogP contribution in [-0.2, 0) is 30.4 Å². The van der Waals surface area contributed by atoms with Crippen LogP contribution in [-0.4, -0.2) is 72.0 Å². The van der Waals surface area contributed by atoms with Crippen LogP contribution < -0.4 is 5.32 Å². The van der Waals surface area contributed by atoms with E-state index in [9.17, 15) is 19.5 Å². The van der Waals surface area contributed by atoms with Gasteiger partial charge in [0.1, 0.15) is 11.2 Å². The van der Waals surface area contributed by atoms with Crippen molar-refractivity contribution in [2.24, 2.45) is 5.92 Å². The minimum Gasteiger partial charge on any atom is -0.467 e. The number of nitrogens with zero attached hydrogens (tertiary/aromatic N) is 1. The summed E-state index contributed by atoms with van der Waals surface area (Å²) < 4.78 is 16.1. The van der Waals surface area contributed by atoms with Gasteiger partial charge in [-0.05, 0) is 40.3 Å². The maximum Gasteiger partial charge on any atom is 0.418 e. The van der Waals surface area contributed by atoms with Crippen molar-refractivity contribution in [3.63, 3.8) is 0 Å². The fraction of sp³-hybridized carbons (Fsp3) is 0.591. The Balaban J connectivity index is 2.51. The second-order valence-corrected chi connectivity index (χ2v) is 8.74. The highest BCUT2D eigenvalue weighted by atomic mass is 16.6. The van der Waals surface area contributed by atoms with Gasteiger partial charge in [-0.15, -0.1) is 0 Å². The maximum atomic E-state index is 13.3. The number of benzene rings is 1. The van der Waals surface area contributed by atoms with Gasteiger partial charge in [0.15, 0.2) is 0 Å². The predicted molar refractivity (Wildman–Crippen MR) is 112 cm³/mol. The summed E-state index contributed by atoms with van der Waals surface area (Å²) in [6.07, 6.45) is -1.05. The van der Waals surface area contributed by atoms with Crippen LogP contribution in [0.2, 0.25) is 0 Å². The maximum absolute atomic E-state index is 13.3. The molecule has 1 aromatic carbocycles. The third-order valence-electron chi connectivity index (χ3n) is 5.35. The predicted octanol–water partition coefficient (Wildman–Crippen LogP) is 1.48. The molecule has 2 rings (SSSR count). The number of imide groups is 1.